The van der Waals surface area contributed by atoms with Gasteiger partial charge in [0, 0.05) is 7.11 Å². The standard InChI is InChI=1S/C8H19NO4/c1-10-2-3-11-4-5-12-6-7-13-8-9/h2-9H2,1H3. The van der Waals surface area contributed by atoms with Crippen molar-refractivity contribution in [1.82, 2.24) is 0 Å². The van der Waals surface area contributed by atoms with E-state index in [1.165, 1.54) is 0 Å². The molecule has 0 fully saturated rings. The lowest BCUT2D eigenvalue weighted by atomic mass is 10.7. The van der Waals surface area contributed by atoms with Gasteiger partial charge in [-0.1, -0.05) is 0 Å². The van der Waals surface area contributed by atoms with E-state index < -0.39 is 0 Å². The molecule has 0 bridgehead atoms. The average Bonchev–Trinajstić information content (AvgIpc) is 2.16. The van der Waals surface area contributed by atoms with Crippen LogP contribution in [0.15, 0.2) is 0 Å². The second-order valence-electron chi connectivity index (χ2n) is 2.29. The van der Waals surface area contributed by atoms with E-state index in [4.69, 9.17) is 24.7 Å². The third kappa shape index (κ3) is 11.8. The van der Waals surface area contributed by atoms with Gasteiger partial charge in [0.15, 0.2) is 0 Å². The Labute approximate surface area is 79.1 Å². The Balaban J connectivity index is 2.76. The third-order valence-electron chi connectivity index (χ3n) is 1.29. The zero-order valence-electron chi connectivity index (χ0n) is 8.16. The molecule has 0 atom stereocenters. The van der Waals surface area contributed by atoms with E-state index in [9.17, 15) is 0 Å². The van der Waals surface area contributed by atoms with Gasteiger partial charge in [-0.05, 0) is 0 Å². The van der Waals surface area contributed by atoms with Crippen LogP contribution in [0, 0.1) is 0 Å². The van der Waals surface area contributed by atoms with Crippen LogP contribution in [0.2, 0.25) is 0 Å². The Morgan fingerprint density at radius 1 is 0.769 bits per heavy atom. The van der Waals surface area contributed by atoms with Crippen LogP contribution in [0.4, 0.5) is 0 Å². The van der Waals surface area contributed by atoms with E-state index in [1.807, 2.05) is 0 Å². The Morgan fingerprint density at radius 2 is 1.23 bits per heavy atom. The predicted molar refractivity (Wildman–Crippen MR) is 48.5 cm³/mol. The number of hydrogen-bond donors (Lipinski definition) is 1. The summed E-state index contributed by atoms with van der Waals surface area (Å²) >= 11 is 0. The van der Waals surface area contributed by atoms with E-state index in [0.29, 0.717) is 39.6 Å². The molecule has 0 unspecified atom stereocenters. The van der Waals surface area contributed by atoms with Crippen LogP contribution in [-0.4, -0.2) is 53.5 Å². The first-order valence-electron chi connectivity index (χ1n) is 4.34. The van der Waals surface area contributed by atoms with Crippen LogP contribution in [0.3, 0.4) is 0 Å². The topological polar surface area (TPSA) is 62.9 Å². The lowest BCUT2D eigenvalue weighted by Crippen LogP contribution is -2.13. The Morgan fingerprint density at radius 3 is 1.69 bits per heavy atom. The maximum absolute atomic E-state index is 5.17. The molecule has 0 radical (unpaired) electrons. The van der Waals surface area contributed by atoms with Crippen LogP contribution in [0.5, 0.6) is 0 Å². The molecule has 0 aliphatic rings. The molecule has 0 aromatic rings. The van der Waals surface area contributed by atoms with Crippen LogP contribution < -0.4 is 5.73 Å². The van der Waals surface area contributed by atoms with Gasteiger partial charge in [-0.15, -0.1) is 0 Å². The molecule has 2 N–H and O–H groups in total. The summed E-state index contributed by atoms with van der Waals surface area (Å²) in [4.78, 5) is 0. The number of rotatable bonds is 10. The highest BCUT2D eigenvalue weighted by Crippen LogP contribution is 1.80. The van der Waals surface area contributed by atoms with E-state index in [2.05, 4.69) is 0 Å². The number of methoxy groups -OCH3 is 1. The lowest BCUT2D eigenvalue weighted by Gasteiger charge is -2.05. The van der Waals surface area contributed by atoms with Crippen molar-refractivity contribution in [3.63, 3.8) is 0 Å². The summed E-state index contributed by atoms with van der Waals surface area (Å²) in [6, 6.07) is 0. The lowest BCUT2D eigenvalue weighted by molar-refractivity contribution is 0.00449. The van der Waals surface area contributed by atoms with E-state index in [1.54, 1.807) is 7.11 Å². The SMILES string of the molecule is COCCOCCOCCOCN. The first kappa shape index (κ1) is 12.8. The second-order valence-corrected chi connectivity index (χ2v) is 2.29. The molecule has 0 aromatic heterocycles. The number of ether oxygens (including phenoxy) is 4. The predicted octanol–water partition coefficient (Wildman–Crippen LogP) is -0.401. The van der Waals surface area contributed by atoms with Gasteiger partial charge in [-0.25, -0.2) is 0 Å². The number of hydrogen-bond acceptors (Lipinski definition) is 5. The average molecular weight is 193 g/mol. The van der Waals surface area contributed by atoms with Gasteiger partial charge in [-0.3, -0.25) is 0 Å². The molecule has 0 heterocycles. The zero-order valence-corrected chi connectivity index (χ0v) is 8.16. The highest BCUT2D eigenvalue weighted by atomic mass is 16.6. The molecule has 0 aliphatic carbocycles. The fourth-order valence-corrected chi connectivity index (χ4v) is 0.665. The Bertz CT molecular complexity index is 82.2. The molecule has 13 heavy (non-hydrogen) atoms. The maximum Gasteiger partial charge on any atom is 0.0941 e. The minimum Gasteiger partial charge on any atom is -0.382 e. The molecule has 0 saturated heterocycles. The summed E-state index contributed by atoms with van der Waals surface area (Å²) in [5.74, 6) is 0. The first-order chi connectivity index (χ1) is 6.41. The van der Waals surface area contributed by atoms with Gasteiger partial charge in [-0.2, -0.15) is 0 Å². The molecular formula is C8H19NO4. The van der Waals surface area contributed by atoms with Gasteiger partial charge in [0.25, 0.3) is 0 Å². The molecule has 5 nitrogen and oxygen atoms in total. The van der Waals surface area contributed by atoms with Crippen molar-refractivity contribution in [1.29, 1.82) is 0 Å². The van der Waals surface area contributed by atoms with Crippen molar-refractivity contribution >= 4 is 0 Å². The molecule has 0 aliphatic heterocycles. The largest absolute Gasteiger partial charge is 0.382 e. The van der Waals surface area contributed by atoms with E-state index in [0.717, 1.165) is 0 Å². The summed E-state index contributed by atoms with van der Waals surface area (Å²) < 4.78 is 20.0. The monoisotopic (exact) mass is 193 g/mol. The van der Waals surface area contributed by atoms with Gasteiger partial charge in [0.2, 0.25) is 0 Å². The van der Waals surface area contributed by atoms with E-state index >= 15 is 0 Å². The summed E-state index contributed by atoms with van der Waals surface area (Å²) in [7, 11) is 1.64. The smallest absolute Gasteiger partial charge is 0.0941 e. The fourth-order valence-electron chi connectivity index (χ4n) is 0.665. The summed E-state index contributed by atoms with van der Waals surface area (Å²) in [5, 5.41) is 0. The molecular weight excluding hydrogens is 174 g/mol. The Kier molecular flexibility index (Phi) is 11.6. The maximum atomic E-state index is 5.17. The van der Waals surface area contributed by atoms with Gasteiger partial charge in [0.1, 0.15) is 0 Å². The molecule has 0 aromatic carbocycles. The summed E-state index contributed by atoms with van der Waals surface area (Å²) in [6.07, 6.45) is 0. The molecule has 0 spiro atoms. The number of nitrogens with two attached hydrogens (primary N) is 1. The van der Waals surface area contributed by atoms with Gasteiger partial charge in [0.05, 0.1) is 46.4 Å². The fraction of sp³-hybridized carbons (Fsp3) is 1.00. The van der Waals surface area contributed by atoms with Crippen molar-refractivity contribution in [3.05, 3.63) is 0 Å². The van der Waals surface area contributed by atoms with Gasteiger partial charge >= 0.3 is 0 Å². The highest BCUT2D eigenvalue weighted by Gasteiger charge is 1.89. The van der Waals surface area contributed by atoms with Crippen LogP contribution in [-0.2, 0) is 18.9 Å². The van der Waals surface area contributed by atoms with Crippen molar-refractivity contribution in [2.24, 2.45) is 5.73 Å². The minimum absolute atomic E-state index is 0.244. The molecule has 0 amide bonds. The minimum atomic E-state index is 0.244. The van der Waals surface area contributed by atoms with Crippen LogP contribution in [0.25, 0.3) is 0 Å². The zero-order chi connectivity index (χ0) is 9.78. The van der Waals surface area contributed by atoms with Crippen molar-refractivity contribution in [2.75, 3.05) is 53.5 Å². The molecule has 0 saturated carbocycles. The molecule has 5 heteroatoms. The van der Waals surface area contributed by atoms with Gasteiger partial charge < -0.3 is 24.7 Å². The summed E-state index contributed by atoms with van der Waals surface area (Å²) in [5.41, 5.74) is 5.11. The van der Waals surface area contributed by atoms with Crippen molar-refractivity contribution < 1.29 is 18.9 Å². The second kappa shape index (κ2) is 11.8. The third-order valence-corrected chi connectivity index (χ3v) is 1.29. The van der Waals surface area contributed by atoms with E-state index in [-0.39, 0.29) is 6.73 Å². The highest BCUT2D eigenvalue weighted by molar-refractivity contribution is 4.32. The first-order valence-corrected chi connectivity index (χ1v) is 4.34. The molecule has 0 rings (SSSR count). The Hall–Kier alpha value is -0.200. The molecule has 80 valence electrons. The quantitative estimate of drug-likeness (QED) is 0.378. The normalized spacial score (nSPS) is 10.6. The van der Waals surface area contributed by atoms with Crippen LogP contribution >= 0.6 is 0 Å². The summed E-state index contributed by atoms with van der Waals surface area (Å²) in [6.45, 7) is 3.74. The van der Waals surface area contributed by atoms with Crippen molar-refractivity contribution in [2.45, 2.75) is 0 Å². The van der Waals surface area contributed by atoms with Crippen molar-refractivity contribution in [3.8, 4) is 0 Å². The van der Waals surface area contributed by atoms with Crippen LogP contribution in [0.1, 0.15) is 0 Å².